The molecule has 1 aromatic carbocycles. The van der Waals surface area contributed by atoms with Gasteiger partial charge in [-0.15, -0.1) is 0 Å². The molecule has 0 bridgehead atoms. The lowest BCUT2D eigenvalue weighted by molar-refractivity contribution is -0.0461. The number of hydrogen-bond donors (Lipinski definition) is 3. The van der Waals surface area contributed by atoms with Crippen molar-refractivity contribution in [2.75, 3.05) is 7.11 Å². The van der Waals surface area contributed by atoms with Gasteiger partial charge in [0.15, 0.2) is 6.29 Å². The largest absolute Gasteiger partial charge is 0.508 e. The Hall–Kier alpha value is -1.33. The number of phenols is 2. The molecule has 0 unspecified atom stereocenters. The molecule has 0 amide bonds. The van der Waals surface area contributed by atoms with E-state index in [1.54, 1.807) is 6.07 Å². The van der Waals surface area contributed by atoms with Gasteiger partial charge < -0.3 is 15.3 Å². The molecule has 1 aromatic rings. The number of aliphatic hydroxyl groups is 1. The monoisotopic (exact) mass is 452 g/mol. The SMILES string of the molecule is C=C1CC[C@H]2C(C)(C)[C@@H](Br)CC[C@]2(C)[C@@H]1Cc1cc(O)c(C=O)cc1O.CO. The van der Waals surface area contributed by atoms with Gasteiger partial charge in [-0.2, -0.15) is 0 Å². The summed E-state index contributed by atoms with van der Waals surface area (Å²) in [6.07, 6.45) is 5.63. The second-order valence-electron chi connectivity index (χ2n) is 9.00. The van der Waals surface area contributed by atoms with Gasteiger partial charge in [0.25, 0.3) is 0 Å². The van der Waals surface area contributed by atoms with Gasteiger partial charge in [0, 0.05) is 11.9 Å². The number of benzene rings is 1. The number of hydrogen-bond acceptors (Lipinski definition) is 4. The van der Waals surface area contributed by atoms with Crippen LogP contribution in [0.25, 0.3) is 0 Å². The van der Waals surface area contributed by atoms with E-state index in [4.69, 9.17) is 5.11 Å². The third kappa shape index (κ3) is 3.88. The van der Waals surface area contributed by atoms with E-state index in [0.717, 1.165) is 32.8 Å². The minimum Gasteiger partial charge on any atom is -0.508 e. The Bertz CT molecular complexity index is 742. The molecule has 0 radical (unpaired) electrons. The number of allylic oxidation sites excluding steroid dienone is 1. The predicted octanol–water partition coefficient (Wildman–Crippen LogP) is 5.23. The highest BCUT2D eigenvalue weighted by molar-refractivity contribution is 9.09. The van der Waals surface area contributed by atoms with Crippen LogP contribution in [0.1, 0.15) is 62.4 Å². The summed E-state index contributed by atoms with van der Waals surface area (Å²) in [7, 11) is 1.00. The first-order valence-electron chi connectivity index (χ1n) is 9.87. The van der Waals surface area contributed by atoms with Crippen LogP contribution in [0.4, 0.5) is 0 Å². The van der Waals surface area contributed by atoms with Crippen molar-refractivity contribution >= 4 is 22.2 Å². The molecule has 5 heteroatoms. The van der Waals surface area contributed by atoms with Crippen molar-refractivity contribution in [1.29, 1.82) is 0 Å². The summed E-state index contributed by atoms with van der Waals surface area (Å²) in [5.41, 5.74) is 2.39. The van der Waals surface area contributed by atoms with Gasteiger partial charge in [-0.25, -0.2) is 0 Å². The van der Waals surface area contributed by atoms with Crippen LogP contribution >= 0.6 is 15.9 Å². The molecule has 0 aromatic heterocycles. The molecule has 4 atom stereocenters. The van der Waals surface area contributed by atoms with Crippen molar-refractivity contribution in [1.82, 2.24) is 0 Å². The average Bonchev–Trinajstić information content (AvgIpc) is 2.65. The number of carbonyl (C=O) groups excluding carboxylic acids is 1. The van der Waals surface area contributed by atoms with Gasteiger partial charge in [0.2, 0.25) is 0 Å². The number of aldehydes is 1. The molecule has 2 aliphatic carbocycles. The van der Waals surface area contributed by atoms with Gasteiger partial charge in [-0.1, -0.05) is 48.9 Å². The average molecular weight is 453 g/mol. The quantitative estimate of drug-likeness (QED) is 0.253. The molecule has 3 rings (SSSR count). The summed E-state index contributed by atoms with van der Waals surface area (Å²) in [5.74, 6) is 0.846. The van der Waals surface area contributed by atoms with E-state index < -0.39 is 0 Å². The summed E-state index contributed by atoms with van der Waals surface area (Å²) < 4.78 is 0. The zero-order valence-electron chi connectivity index (χ0n) is 17.3. The number of rotatable bonds is 3. The minimum absolute atomic E-state index is 0.0691. The molecule has 0 spiro atoms. The van der Waals surface area contributed by atoms with Crippen molar-refractivity contribution in [2.24, 2.45) is 22.7 Å². The molecule has 2 saturated carbocycles. The highest BCUT2D eigenvalue weighted by Gasteiger charge is 2.55. The second-order valence-corrected chi connectivity index (χ2v) is 10.1. The van der Waals surface area contributed by atoms with Crippen LogP contribution in [0, 0.1) is 22.7 Å². The molecule has 28 heavy (non-hydrogen) atoms. The molecule has 0 saturated heterocycles. The molecule has 156 valence electrons. The van der Waals surface area contributed by atoms with Crippen LogP contribution in [0.2, 0.25) is 0 Å². The Labute approximate surface area is 176 Å². The Morgan fingerprint density at radius 1 is 1.18 bits per heavy atom. The summed E-state index contributed by atoms with van der Waals surface area (Å²) in [4.78, 5) is 11.5. The van der Waals surface area contributed by atoms with Crippen LogP contribution < -0.4 is 0 Å². The van der Waals surface area contributed by atoms with Gasteiger partial charge in [0.1, 0.15) is 11.5 Å². The first kappa shape index (κ1) is 23.0. The van der Waals surface area contributed by atoms with E-state index in [-0.39, 0.29) is 33.8 Å². The Balaban J connectivity index is 0.00000136. The first-order chi connectivity index (χ1) is 13.1. The van der Waals surface area contributed by atoms with Crippen LogP contribution in [0.3, 0.4) is 0 Å². The second kappa shape index (κ2) is 8.58. The van der Waals surface area contributed by atoms with Gasteiger partial charge >= 0.3 is 0 Å². The number of fused-ring (bicyclic) bond motifs is 1. The maximum absolute atomic E-state index is 11.0. The molecule has 0 heterocycles. The zero-order chi connectivity index (χ0) is 21.3. The van der Waals surface area contributed by atoms with E-state index in [1.807, 2.05) is 0 Å². The lowest BCUT2D eigenvalue weighted by Crippen LogP contribution is -2.53. The van der Waals surface area contributed by atoms with E-state index in [1.165, 1.54) is 11.6 Å². The molecule has 0 aliphatic heterocycles. The summed E-state index contributed by atoms with van der Waals surface area (Å²) >= 11 is 3.91. The summed E-state index contributed by atoms with van der Waals surface area (Å²) in [5, 5.41) is 27.4. The van der Waals surface area contributed by atoms with E-state index in [9.17, 15) is 15.0 Å². The number of aliphatic hydroxyl groups excluding tert-OH is 1. The van der Waals surface area contributed by atoms with Crippen molar-refractivity contribution in [2.45, 2.75) is 57.7 Å². The Kier molecular flexibility index (Phi) is 7.03. The molecular weight excluding hydrogens is 420 g/mol. The van der Waals surface area contributed by atoms with E-state index in [0.29, 0.717) is 29.0 Å². The number of carbonyl (C=O) groups is 1. The van der Waals surface area contributed by atoms with Crippen LogP contribution in [0.5, 0.6) is 11.5 Å². The van der Waals surface area contributed by atoms with Crippen LogP contribution in [-0.2, 0) is 6.42 Å². The highest BCUT2D eigenvalue weighted by atomic mass is 79.9. The van der Waals surface area contributed by atoms with Crippen molar-refractivity contribution in [3.8, 4) is 11.5 Å². The minimum atomic E-state index is -0.0691. The number of phenolic OH excluding ortho intramolecular Hbond substituents is 2. The predicted molar refractivity (Wildman–Crippen MR) is 116 cm³/mol. The number of aromatic hydroxyl groups is 2. The smallest absolute Gasteiger partial charge is 0.153 e. The summed E-state index contributed by atoms with van der Waals surface area (Å²) in [6, 6.07) is 2.91. The topological polar surface area (TPSA) is 77.8 Å². The fraction of sp³-hybridized carbons (Fsp3) is 0.609. The molecular formula is C23H33BrO4. The van der Waals surface area contributed by atoms with Gasteiger partial charge in [0.05, 0.1) is 5.56 Å². The zero-order valence-corrected chi connectivity index (χ0v) is 18.9. The summed E-state index contributed by atoms with van der Waals surface area (Å²) in [6.45, 7) is 11.5. The van der Waals surface area contributed by atoms with E-state index >= 15 is 0 Å². The van der Waals surface area contributed by atoms with Gasteiger partial charge in [-0.05, 0) is 72.5 Å². The molecule has 3 N–H and O–H groups in total. The molecule has 4 nitrogen and oxygen atoms in total. The number of halogens is 1. The maximum atomic E-state index is 11.0. The molecule has 2 fully saturated rings. The standard InChI is InChI=1S/C22H29BrO3.CH4O/c1-13-5-6-19-21(2,3)20(23)7-8-22(19,4)16(13)9-14-10-18(26)15(12-24)11-17(14)25;1-2/h10-12,16,19-20,25-26H,1,5-9H2,2-4H3;2H,1H3/t16-,19+,20+,22-;/m1./s1. The first-order valence-corrected chi connectivity index (χ1v) is 10.8. The third-order valence-corrected chi connectivity index (χ3v) is 8.90. The third-order valence-electron chi connectivity index (χ3n) is 7.26. The van der Waals surface area contributed by atoms with Crippen LogP contribution in [-0.4, -0.2) is 33.5 Å². The maximum Gasteiger partial charge on any atom is 0.153 e. The van der Waals surface area contributed by atoms with E-state index in [2.05, 4.69) is 43.3 Å². The Morgan fingerprint density at radius 2 is 1.82 bits per heavy atom. The fourth-order valence-corrected chi connectivity index (χ4v) is 6.18. The normalized spacial score (nSPS) is 31.4. The molecule has 2 aliphatic rings. The fourth-order valence-electron chi connectivity index (χ4n) is 5.63. The number of alkyl halides is 1. The highest BCUT2D eigenvalue weighted by Crippen LogP contribution is 2.62. The van der Waals surface area contributed by atoms with Crippen molar-refractivity contribution in [3.63, 3.8) is 0 Å². The van der Waals surface area contributed by atoms with Crippen molar-refractivity contribution in [3.05, 3.63) is 35.4 Å². The van der Waals surface area contributed by atoms with Crippen LogP contribution in [0.15, 0.2) is 24.3 Å². The lowest BCUT2D eigenvalue weighted by atomic mass is 9.47. The lowest BCUT2D eigenvalue weighted by Gasteiger charge is -2.59. The van der Waals surface area contributed by atoms with Gasteiger partial charge in [-0.3, -0.25) is 4.79 Å². The van der Waals surface area contributed by atoms with Crippen molar-refractivity contribution < 1.29 is 20.1 Å². The Morgan fingerprint density at radius 3 is 2.43 bits per heavy atom.